The summed E-state index contributed by atoms with van der Waals surface area (Å²) in [5.41, 5.74) is 1.42. The van der Waals surface area contributed by atoms with Gasteiger partial charge in [-0.25, -0.2) is 18.2 Å². The molecule has 3 N–H and O–H groups in total. The highest BCUT2D eigenvalue weighted by Crippen LogP contribution is 2.46. The third kappa shape index (κ3) is 8.30. The third-order valence-corrected chi connectivity index (χ3v) is 14.5. The van der Waals surface area contributed by atoms with Gasteiger partial charge in [0.25, 0.3) is 5.91 Å². The molecule has 0 spiro atoms. The first-order valence-corrected chi connectivity index (χ1v) is 23.0. The number of pyridine rings is 1. The molecule has 0 radical (unpaired) electrons. The smallest absolute Gasteiger partial charge is 0.408 e. The molecule has 14 nitrogen and oxygen atoms in total. The minimum Gasteiger partial charge on any atom is -0.484 e. The predicted molar refractivity (Wildman–Crippen MR) is 223 cm³/mol. The van der Waals surface area contributed by atoms with E-state index in [1.807, 2.05) is 48.6 Å². The average Bonchev–Trinajstić information content (AvgIpc) is 4.04. The number of ether oxygens (including phenoxy) is 2. The number of hydrogen-bond acceptors (Lipinski definition) is 10. The fourth-order valence-electron chi connectivity index (χ4n) is 8.87. The van der Waals surface area contributed by atoms with E-state index in [2.05, 4.69) is 15.4 Å². The summed E-state index contributed by atoms with van der Waals surface area (Å²) in [4.78, 5) is 62.9. The second-order valence-electron chi connectivity index (χ2n) is 16.8. The van der Waals surface area contributed by atoms with Crippen molar-refractivity contribution < 1.29 is 41.5 Å². The zero-order valence-electron chi connectivity index (χ0n) is 33.1. The molecule has 60 heavy (non-hydrogen) atoms. The first-order valence-electron chi connectivity index (χ1n) is 21.0. The monoisotopic (exact) mass is 857 g/mol. The fraction of sp³-hybridized carbons (Fsp3) is 0.477. The molecule has 9 rings (SSSR count). The second-order valence-corrected chi connectivity index (χ2v) is 19.2. The van der Waals surface area contributed by atoms with Crippen molar-refractivity contribution >= 4 is 67.5 Å². The van der Waals surface area contributed by atoms with E-state index < -0.39 is 68.7 Å². The molecule has 16 heteroatoms. The first kappa shape index (κ1) is 40.3. The van der Waals surface area contributed by atoms with E-state index >= 15 is 0 Å². The Morgan fingerprint density at radius 2 is 1.72 bits per heavy atom. The Kier molecular flexibility index (Phi) is 11.0. The summed E-state index contributed by atoms with van der Waals surface area (Å²) >= 11 is 6.22. The number of halogens is 1. The van der Waals surface area contributed by atoms with E-state index in [4.69, 9.17) is 30.5 Å². The summed E-state index contributed by atoms with van der Waals surface area (Å²) < 4.78 is 46.9. The van der Waals surface area contributed by atoms with Crippen LogP contribution in [-0.4, -0.2) is 83.7 Å². The summed E-state index contributed by atoms with van der Waals surface area (Å²) in [5.74, 6) is -1.99. The number of nitrogens with zero attached hydrogens (tertiary/aromatic N) is 2. The van der Waals surface area contributed by atoms with Gasteiger partial charge in [0.1, 0.15) is 40.9 Å². The maximum Gasteiger partial charge on any atom is 0.408 e. The highest BCUT2D eigenvalue weighted by Gasteiger charge is 2.62. The summed E-state index contributed by atoms with van der Waals surface area (Å²) in [5, 5.41) is 6.45. The molecular weight excluding hydrogens is 810 g/mol. The number of aromatic nitrogens is 1. The van der Waals surface area contributed by atoms with Crippen LogP contribution >= 0.6 is 11.6 Å². The number of rotatable bonds is 8. The minimum atomic E-state index is -3.91. The molecule has 0 bridgehead atoms. The summed E-state index contributed by atoms with van der Waals surface area (Å²) in [6, 6.07) is 14.4. The lowest BCUT2D eigenvalue weighted by Gasteiger charge is -2.30. The van der Waals surface area contributed by atoms with Gasteiger partial charge < -0.3 is 29.4 Å². The van der Waals surface area contributed by atoms with Gasteiger partial charge >= 0.3 is 6.09 Å². The highest BCUT2D eigenvalue weighted by molar-refractivity contribution is 7.91. The number of sulfonamides is 1. The molecule has 4 fully saturated rings. The predicted octanol–water partition coefficient (Wildman–Crippen LogP) is 6.69. The van der Waals surface area contributed by atoms with Crippen molar-refractivity contribution in [2.75, 3.05) is 6.54 Å². The largest absolute Gasteiger partial charge is 0.484 e. The van der Waals surface area contributed by atoms with Crippen LogP contribution in [0.3, 0.4) is 0 Å². The Hall–Kier alpha value is -5.15. The van der Waals surface area contributed by atoms with Crippen molar-refractivity contribution in [3.8, 4) is 17.0 Å². The van der Waals surface area contributed by atoms with Gasteiger partial charge in [-0.1, -0.05) is 60.9 Å². The van der Waals surface area contributed by atoms with Crippen LogP contribution in [-0.2, 0) is 29.1 Å². The van der Waals surface area contributed by atoms with Crippen molar-refractivity contribution in [3.63, 3.8) is 0 Å². The number of amides is 4. The van der Waals surface area contributed by atoms with E-state index in [0.717, 1.165) is 49.5 Å². The molecule has 2 aliphatic heterocycles. The van der Waals surface area contributed by atoms with Gasteiger partial charge in [0.2, 0.25) is 21.8 Å². The number of benzene rings is 2. The fourth-order valence-corrected chi connectivity index (χ4v) is 10.4. The van der Waals surface area contributed by atoms with Crippen molar-refractivity contribution in [1.82, 2.24) is 25.2 Å². The van der Waals surface area contributed by atoms with Gasteiger partial charge in [-0.2, -0.15) is 0 Å². The lowest BCUT2D eigenvalue weighted by molar-refractivity contribution is -0.141. The number of para-hydroxylation sites is 1. The number of nitrogens with one attached hydrogen (secondary N) is 3. The van der Waals surface area contributed by atoms with Gasteiger partial charge in [-0.3, -0.25) is 19.1 Å². The first-order chi connectivity index (χ1) is 29.0. The van der Waals surface area contributed by atoms with Crippen molar-refractivity contribution in [2.45, 2.75) is 119 Å². The number of alkyl carbamates (subject to hydrolysis) is 1. The van der Waals surface area contributed by atoms with Crippen LogP contribution in [0.25, 0.3) is 33.3 Å². The SMILES string of the molecule is O=C(N[C@H]1CCCCC/C=C\[C@@H]2C[C@@]2(C(=O)NS(=O)(=O)C2CC2)NC(=O)[C@@H]2C[C@@H](Oc3cc(-c4ccc(Cl)cc4)nc4c3oc3ccccc34)CN2C1=O)OC1CCCC1. The van der Waals surface area contributed by atoms with Crippen LogP contribution in [0.15, 0.2) is 71.2 Å². The molecule has 1 saturated heterocycles. The molecule has 4 aromatic rings. The molecule has 0 unspecified atom stereocenters. The lowest BCUT2D eigenvalue weighted by atomic mass is 10.0. The molecule has 3 saturated carbocycles. The summed E-state index contributed by atoms with van der Waals surface area (Å²) in [6.07, 6.45) is 9.99. The highest BCUT2D eigenvalue weighted by atomic mass is 35.5. The van der Waals surface area contributed by atoms with Gasteiger partial charge in [-0.05, 0) is 88.5 Å². The van der Waals surface area contributed by atoms with Gasteiger partial charge in [0.15, 0.2) is 11.3 Å². The Bertz CT molecular complexity index is 2460. The van der Waals surface area contributed by atoms with Crippen LogP contribution in [0.4, 0.5) is 4.79 Å². The van der Waals surface area contributed by atoms with Crippen LogP contribution in [0.2, 0.25) is 5.02 Å². The van der Waals surface area contributed by atoms with E-state index in [0.29, 0.717) is 65.3 Å². The Balaban J connectivity index is 1.05. The van der Waals surface area contributed by atoms with Crippen molar-refractivity contribution in [3.05, 3.63) is 71.8 Å². The second kappa shape index (κ2) is 16.4. The van der Waals surface area contributed by atoms with Crippen LogP contribution in [0.1, 0.15) is 83.5 Å². The van der Waals surface area contributed by atoms with E-state index in [1.54, 1.807) is 18.2 Å². The lowest BCUT2D eigenvalue weighted by Crippen LogP contribution is -2.58. The number of hydrogen-bond donors (Lipinski definition) is 3. The normalized spacial score (nSPS) is 27.0. The summed E-state index contributed by atoms with van der Waals surface area (Å²) in [6.45, 7) is -0.0360. The number of allylic oxidation sites excluding steroid dienone is 1. The van der Waals surface area contributed by atoms with Crippen LogP contribution in [0.5, 0.6) is 5.75 Å². The van der Waals surface area contributed by atoms with Gasteiger partial charge in [0, 0.05) is 34.4 Å². The zero-order valence-corrected chi connectivity index (χ0v) is 34.6. The Morgan fingerprint density at radius 3 is 2.50 bits per heavy atom. The Morgan fingerprint density at radius 1 is 0.950 bits per heavy atom. The van der Waals surface area contributed by atoms with Crippen molar-refractivity contribution in [1.29, 1.82) is 0 Å². The van der Waals surface area contributed by atoms with E-state index in [1.165, 1.54) is 4.90 Å². The maximum atomic E-state index is 14.8. The molecular formula is C44H48ClN5O9S. The topological polar surface area (TPSA) is 186 Å². The number of carbonyl (C=O) groups excluding carboxylic acids is 4. The molecule has 2 aromatic heterocycles. The van der Waals surface area contributed by atoms with Crippen LogP contribution in [0, 0.1) is 5.92 Å². The number of fused-ring (bicyclic) bond motifs is 5. The average molecular weight is 858 g/mol. The summed E-state index contributed by atoms with van der Waals surface area (Å²) in [7, 11) is -3.91. The van der Waals surface area contributed by atoms with E-state index in [9.17, 15) is 27.6 Å². The van der Waals surface area contributed by atoms with Crippen LogP contribution < -0.4 is 20.1 Å². The molecule has 4 heterocycles. The molecule has 316 valence electrons. The Labute approximate surface area is 352 Å². The number of carbonyl (C=O) groups is 4. The molecule has 5 aliphatic rings. The zero-order chi connectivity index (χ0) is 41.6. The van der Waals surface area contributed by atoms with Gasteiger partial charge in [-0.15, -0.1) is 0 Å². The van der Waals surface area contributed by atoms with E-state index in [-0.39, 0.29) is 25.5 Å². The molecule has 5 atom stereocenters. The third-order valence-electron chi connectivity index (χ3n) is 12.4. The molecule has 3 aliphatic carbocycles. The standard InChI is InChI=1S/C44H48ClN5O9S/c45-28-18-16-26(17-19-28)34-23-37(39-38(46-34)32-13-8-9-15-36(32)59-39)57-30-22-35-40(51)48-44(42(53)49-60(55,56)31-20-21-31)24-27(44)10-4-2-1-3-5-14-33(41(52)50(35)25-30)47-43(54)58-29-11-6-7-12-29/h4,8-10,13,15-19,23,27,29-31,33,35H,1-3,5-7,11-12,14,20-22,24-25H2,(H,47,54)(H,48,51)(H,49,53)/b10-4-/t27-,30-,33+,35+,44-/m1/s1. The minimum absolute atomic E-state index is 0.0235. The van der Waals surface area contributed by atoms with Crippen molar-refractivity contribution in [2.24, 2.45) is 5.92 Å². The number of furan rings is 1. The molecule has 4 amide bonds. The quantitative estimate of drug-likeness (QED) is 0.161. The van der Waals surface area contributed by atoms with Gasteiger partial charge in [0.05, 0.1) is 17.5 Å². The molecule has 2 aromatic carbocycles. The maximum absolute atomic E-state index is 14.8.